The predicted molar refractivity (Wildman–Crippen MR) is 99.7 cm³/mol. The molecule has 3 unspecified atom stereocenters. The maximum absolute atomic E-state index is 14.2. The van der Waals surface area contributed by atoms with Crippen molar-refractivity contribution in [3.8, 4) is 0 Å². The fraction of sp³-hybridized carbons (Fsp3) is 0.550. The predicted octanol–water partition coefficient (Wildman–Crippen LogP) is 3.52. The molecule has 2 heterocycles. The SMILES string of the molecule is CC(C)C(F)C(=O)NC12CCCC1N(c1cnc3cc(F)c(F)cc3n1)CC2. The third-order valence-corrected chi connectivity index (χ3v) is 5.99. The second-order valence-electron chi connectivity index (χ2n) is 8.13. The Morgan fingerprint density at radius 1 is 1.25 bits per heavy atom. The van der Waals surface area contributed by atoms with E-state index in [9.17, 15) is 18.0 Å². The molecule has 1 amide bonds. The van der Waals surface area contributed by atoms with Gasteiger partial charge in [0.15, 0.2) is 17.8 Å². The molecule has 4 rings (SSSR count). The first-order valence-electron chi connectivity index (χ1n) is 9.65. The number of carbonyl (C=O) groups is 1. The van der Waals surface area contributed by atoms with E-state index in [0.29, 0.717) is 18.8 Å². The van der Waals surface area contributed by atoms with Gasteiger partial charge in [-0.25, -0.2) is 18.2 Å². The number of rotatable bonds is 4. The van der Waals surface area contributed by atoms with Gasteiger partial charge < -0.3 is 10.2 Å². The molecule has 150 valence electrons. The highest BCUT2D eigenvalue weighted by atomic mass is 19.2. The molecule has 1 aromatic heterocycles. The minimum atomic E-state index is -1.54. The van der Waals surface area contributed by atoms with Gasteiger partial charge in [0.1, 0.15) is 5.82 Å². The molecule has 0 spiro atoms. The van der Waals surface area contributed by atoms with Gasteiger partial charge in [0.2, 0.25) is 0 Å². The third-order valence-electron chi connectivity index (χ3n) is 5.99. The molecule has 1 aliphatic heterocycles. The molecular weight excluding hydrogens is 369 g/mol. The van der Waals surface area contributed by atoms with Gasteiger partial charge in [-0.2, -0.15) is 0 Å². The van der Waals surface area contributed by atoms with E-state index in [1.807, 2.05) is 4.90 Å². The minimum absolute atomic E-state index is 0.0205. The zero-order chi connectivity index (χ0) is 20.1. The summed E-state index contributed by atoms with van der Waals surface area (Å²) in [6, 6.07) is 2.05. The lowest BCUT2D eigenvalue weighted by Gasteiger charge is -2.34. The molecule has 1 saturated carbocycles. The quantitative estimate of drug-likeness (QED) is 0.865. The fourth-order valence-electron chi connectivity index (χ4n) is 4.51. The number of amides is 1. The van der Waals surface area contributed by atoms with Crippen molar-refractivity contribution in [1.82, 2.24) is 15.3 Å². The number of hydrogen-bond donors (Lipinski definition) is 1. The van der Waals surface area contributed by atoms with Gasteiger partial charge in [0.25, 0.3) is 5.91 Å². The Kier molecular flexibility index (Phi) is 4.67. The van der Waals surface area contributed by atoms with Crippen LogP contribution in [0, 0.1) is 17.6 Å². The van der Waals surface area contributed by atoms with E-state index >= 15 is 0 Å². The number of anilines is 1. The summed E-state index contributed by atoms with van der Waals surface area (Å²) in [6.45, 7) is 4.00. The number of nitrogens with one attached hydrogen (secondary N) is 1. The first-order valence-corrected chi connectivity index (χ1v) is 9.65. The van der Waals surface area contributed by atoms with E-state index in [1.54, 1.807) is 20.0 Å². The maximum Gasteiger partial charge on any atom is 0.255 e. The molecular formula is C20H23F3N4O. The molecule has 28 heavy (non-hydrogen) atoms. The number of halogens is 3. The Balaban J connectivity index is 1.61. The number of alkyl halides is 1. The van der Waals surface area contributed by atoms with Gasteiger partial charge in [-0.3, -0.25) is 9.78 Å². The Morgan fingerprint density at radius 3 is 2.68 bits per heavy atom. The molecule has 3 atom stereocenters. The molecule has 0 radical (unpaired) electrons. The first kappa shape index (κ1) is 19.0. The van der Waals surface area contributed by atoms with E-state index in [4.69, 9.17) is 0 Å². The van der Waals surface area contributed by atoms with Gasteiger partial charge >= 0.3 is 0 Å². The van der Waals surface area contributed by atoms with Gasteiger partial charge in [-0.15, -0.1) is 0 Å². The van der Waals surface area contributed by atoms with Gasteiger partial charge in [-0.1, -0.05) is 13.8 Å². The second-order valence-corrected chi connectivity index (χ2v) is 8.13. The van der Waals surface area contributed by atoms with Crippen molar-refractivity contribution in [2.75, 3.05) is 11.4 Å². The van der Waals surface area contributed by atoms with Gasteiger partial charge in [0.05, 0.1) is 28.8 Å². The molecule has 1 saturated heterocycles. The highest BCUT2D eigenvalue weighted by Gasteiger charge is 2.52. The zero-order valence-electron chi connectivity index (χ0n) is 15.9. The zero-order valence-corrected chi connectivity index (χ0v) is 15.9. The highest BCUT2D eigenvalue weighted by molar-refractivity contribution is 5.82. The molecule has 1 aliphatic carbocycles. The summed E-state index contributed by atoms with van der Waals surface area (Å²) in [5, 5.41) is 2.98. The second kappa shape index (κ2) is 6.90. The van der Waals surface area contributed by atoms with Crippen molar-refractivity contribution in [3.05, 3.63) is 30.0 Å². The average molecular weight is 392 g/mol. The molecule has 1 N–H and O–H groups in total. The fourth-order valence-corrected chi connectivity index (χ4v) is 4.51. The maximum atomic E-state index is 14.2. The van der Waals surface area contributed by atoms with Gasteiger partial charge in [-0.05, 0) is 31.6 Å². The summed E-state index contributed by atoms with van der Waals surface area (Å²) in [4.78, 5) is 23.1. The Labute approximate surface area is 161 Å². The summed E-state index contributed by atoms with van der Waals surface area (Å²) in [7, 11) is 0. The van der Waals surface area contributed by atoms with Crippen molar-refractivity contribution in [1.29, 1.82) is 0 Å². The van der Waals surface area contributed by atoms with Crippen LogP contribution in [0.1, 0.15) is 39.5 Å². The summed E-state index contributed by atoms with van der Waals surface area (Å²) < 4.78 is 41.2. The van der Waals surface area contributed by atoms with Crippen LogP contribution in [0.3, 0.4) is 0 Å². The lowest BCUT2D eigenvalue weighted by atomic mass is 9.92. The van der Waals surface area contributed by atoms with Crippen LogP contribution in [0.5, 0.6) is 0 Å². The summed E-state index contributed by atoms with van der Waals surface area (Å²) in [5.74, 6) is -2.31. The topological polar surface area (TPSA) is 58.1 Å². The number of aromatic nitrogens is 2. The standard InChI is InChI=1S/C20H23F3N4O/c1-11(2)18(23)19(28)26-20-5-3-4-16(20)27(7-6-20)17-10-24-14-8-12(21)13(22)9-15(14)25-17/h8-11,16,18H,3-7H2,1-2H3,(H,26,28). The van der Waals surface area contributed by atoms with Crippen LogP contribution in [0.25, 0.3) is 11.0 Å². The Hall–Kier alpha value is -2.38. The molecule has 1 aromatic carbocycles. The summed E-state index contributed by atoms with van der Waals surface area (Å²) >= 11 is 0. The number of nitrogens with zero attached hydrogens (tertiary/aromatic N) is 3. The van der Waals surface area contributed by atoms with Gasteiger partial charge in [0, 0.05) is 18.7 Å². The monoisotopic (exact) mass is 392 g/mol. The number of carbonyl (C=O) groups excluding carboxylic acids is 1. The molecule has 2 aromatic rings. The molecule has 2 fully saturated rings. The van der Waals surface area contributed by atoms with E-state index in [0.717, 1.165) is 31.4 Å². The molecule has 2 aliphatic rings. The number of hydrogen-bond acceptors (Lipinski definition) is 4. The number of fused-ring (bicyclic) bond motifs is 2. The van der Waals surface area contributed by atoms with Crippen LogP contribution in [0.4, 0.5) is 19.0 Å². The largest absolute Gasteiger partial charge is 0.350 e. The van der Waals surface area contributed by atoms with E-state index in [1.165, 1.54) is 0 Å². The summed E-state index contributed by atoms with van der Waals surface area (Å²) in [5.41, 5.74) is 0.0747. The van der Waals surface area contributed by atoms with Crippen LogP contribution in [-0.2, 0) is 4.79 Å². The van der Waals surface area contributed by atoms with Crippen LogP contribution < -0.4 is 10.2 Å². The van der Waals surface area contributed by atoms with Crippen molar-refractivity contribution < 1.29 is 18.0 Å². The molecule has 0 bridgehead atoms. The van der Waals surface area contributed by atoms with Crippen molar-refractivity contribution in [3.63, 3.8) is 0 Å². The van der Waals surface area contributed by atoms with Crippen LogP contribution >= 0.6 is 0 Å². The van der Waals surface area contributed by atoms with Crippen LogP contribution in [0.15, 0.2) is 18.3 Å². The highest BCUT2D eigenvalue weighted by Crippen LogP contribution is 2.43. The molecule has 5 nitrogen and oxygen atoms in total. The smallest absolute Gasteiger partial charge is 0.255 e. The Morgan fingerprint density at radius 2 is 1.96 bits per heavy atom. The lowest BCUT2D eigenvalue weighted by molar-refractivity contribution is -0.129. The van der Waals surface area contributed by atoms with Crippen molar-refractivity contribution >= 4 is 22.8 Å². The summed E-state index contributed by atoms with van der Waals surface area (Å²) in [6.07, 6.45) is 3.24. The van der Waals surface area contributed by atoms with Crippen molar-refractivity contribution in [2.24, 2.45) is 5.92 Å². The average Bonchev–Trinajstić information content (AvgIpc) is 3.20. The lowest BCUT2D eigenvalue weighted by Crippen LogP contribution is -2.56. The van der Waals surface area contributed by atoms with E-state index in [2.05, 4.69) is 15.3 Å². The first-order chi connectivity index (χ1) is 13.3. The minimum Gasteiger partial charge on any atom is -0.350 e. The Bertz CT molecular complexity index is 922. The van der Waals surface area contributed by atoms with E-state index in [-0.39, 0.29) is 23.0 Å². The van der Waals surface area contributed by atoms with Crippen LogP contribution in [0.2, 0.25) is 0 Å². The van der Waals surface area contributed by atoms with Crippen LogP contribution in [-0.4, -0.2) is 40.2 Å². The van der Waals surface area contributed by atoms with E-state index < -0.39 is 29.3 Å². The molecule has 8 heteroatoms. The van der Waals surface area contributed by atoms with Crippen molar-refractivity contribution in [2.45, 2.75) is 57.3 Å². The number of benzene rings is 1. The third kappa shape index (κ3) is 3.08. The normalized spacial score (nSPS) is 25.4.